The lowest BCUT2D eigenvalue weighted by molar-refractivity contribution is -0.116. The number of amides is 1. The molecule has 0 radical (unpaired) electrons. The first-order chi connectivity index (χ1) is 9.15. The van der Waals surface area contributed by atoms with E-state index in [4.69, 9.17) is 0 Å². The van der Waals surface area contributed by atoms with Crippen LogP contribution in [0.1, 0.15) is 42.7 Å². The zero-order valence-corrected chi connectivity index (χ0v) is 12.2. The minimum absolute atomic E-state index is 0.0115. The van der Waals surface area contributed by atoms with Crippen LogP contribution in [-0.2, 0) is 17.8 Å². The molecule has 2 heterocycles. The average molecular weight is 277 g/mol. The fourth-order valence-corrected chi connectivity index (χ4v) is 3.36. The maximum Gasteiger partial charge on any atom is 0.225 e. The summed E-state index contributed by atoms with van der Waals surface area (Å²) in [5.74, 6) is 0.388. The van der Waals surface area contributed by atoms with Gasteiger partial charge in [-0.2, -0.15) is 5.26 Å². The minimum Gasteiger partial charge on any atom is -0.317 e. The number of nitriles is 1. The highest BCUT2D eigenvalue weighted by atomic mass is 32.1. The summed E-state index contributed by atoms with van der Waals surface area (Å²) in [5.41, 5.74) is 1.78. The number of anilines is 1. The van der Waals surface area contributed by atoms with Crippen molar-refractivity contribution in [3.63, 3.8) is 0 Å². The number of hydrogen-bond acceptors (Lipinski definition) is 4. The molecule has 2 N–H and O–H groups in total. The monoisotopic (exact) mass is 277 g/mol. The number of rotatable bonds is 4. The molecule has 0 aromatic carbocycles. The van der Waals surface area contributed by atoms with Gasteiger partial charge in [-0.3, -0.25) is 4.79 Å². The number of nitrogens with zero attached hydrogens (tertiary/aromatic N) is 1. The van der Waals surface area contributed by atoms with Crippen LogP contribution in [0.3, 0.4) is 0 Å². The maximum absolute atomic E-state index is 11.9. The maximum atomic E-state index is 11.9. The highest BCUT2D eigenvalue weighted by molar-refractivity contribution is 7.16. The second kappa shape index (κ2) is 6.18. The Morgan fingerprint density at radius 2 is 2.42 bits per heavy atom. The van der Waals surface area contributed by atoms with Gasteiger partial charge in [-0.1, -0.05) is 20.3 Å². The van der Waals surface area contributed by atoms with Crippen molar-refractivity contribution >= 4 is 22.2 Å². The summed E-state index contributed by atoms with van der Waals surface area (Å²) in [4.78, 5) is 13.1. The van der Waals surface area contributed by atoms with Gasteiger partial charge in [-0.25, -0.2) is 0 Å². The molecule has 1 amide bonds. The van der Waals surface area contributed by atoms with Crippen LogP contribution in [0.2, 0.25) is 0 Å². The Labute approximate surface area is 117 Å². The van der Waals surface area contributed by atoms with Crippen LogP contribution in [-0.4, -0.2) is 12.5 Å². The molecule has 19 heavy (non-hydrogen) atoms. The largest absolute Gasteiger partial charge is 0.317 e. The molecule has 4 nitrogen and oxygen atoms in total. The molecule has 0 saturated carbocycles. The summed E-state index contributed by atoms with van der Waals surface area (Å²) >= 11 is 1.53. The lowest BCUT2D eigenvalue weighted by Gasteiger charge is -2.11. The van der Waals surface area contributed by atoms with Crippen LogP contribution in [0.15, 0.2) is 0 Å². The lowest BCUT2D eigenvalue weighted by atomic mass is 10.0. The number of carbonyl (C=O) groups is 1. The second-order valence-electron chi connectivity index (χ2n) is 5.01. The summed E-state index contributed by atoms with van der Waals surface area (Å²) in [5, 5.41) is 16.2. The number of nitrogens with one attached hydrogen (secondary N) is 2. The van der Waals surface area contributed by atoms with Crippen molar-refractivity contribution in [3.05, 3.63) is 16.0 Å². The predicted octanol–water partition coefficient (Wildman–Crippen LogP) is 2.64. The van der Waals surface area contributed by atoms with Crippen LogP contribution in [0.5, 0.6) is 0 Å². The van der Waals surface area contributed by atoms with E-state index in [-0.39, 0.29) is 5.91 Å². The predicted molar refractivity (Wildman–Crippen MR) is 77.1 cm³/mol. The standard InChI is InChI=1S/C14H19N3OS/c1-3-9(2)6-13(18)17-14-11(7-15)10-4-5-16-8-12(10)19-14/h9,16H,3-6,8H2,1-2H3,(H,17,18). The van der Waals surface area contributed by atoms with Crippen LogP contribution in [0, 0.1) is 17.2 Å². The van der Waals surface area contributed by atoms with Crippen LogP contribution in [0.25, 0.3) is 0 Å². The van der Waals surface area contributed by atoms with Gasteiger partial charge < -0.3 is 10.6 Å². The molecule has 1 atom stereocenters. The molecule has 5 heteroatoms. The first-order valence-electron chi connectivity index (χ1n) is 6.70. The molecular formula is C14H19N3OS. The SMILES string of the molecule is CCC(C)CC(=O)Nc1sc2c(c1C#N)CCNC2. The van der Waals surface area contributed by atoms with Crippen molar-refractivity contribution in [3.8, 4) is 6.07 Å². The topological polar surface area (TPSA) is 64.9 Å². The van der Waals surface area contributed by atoms with Crippen molar-refractivity contribution in [1.82, 2.24) is 5.32 Å². The lowest BCUT2D eigenvalue weighted by Crippen LogP contribution is -2.22. The Kier molecular flexibility index (Phi) is 4.56. The molecule has 102 valence electrons. The number of carbonyl (C=O) groups excluding carboxylic acids is 1. The van der Waals surface area contributed by atoms with E-state index in [0.717, 1.165) is 36.5 Å². The fourth-order valence-electron chi connectivity index (χ4n) is 2.18. The van der Waals surface area contributed by atoms with E-state index in [0.29, 0.717) is 17.9 Å². The van der Waals surface area contributed by atoms with Crippen molar-refractivity contribution < 1.29 is 4.79 Å². The van der Waals surface area contributed by atoms with Gasteiger partial charge in [0.25, 0.3) is 0 Å². The van der Waals surface area contributed by atoms with E-state index in [1.54, 1.807) is 0 Å². The van der Waals surface area contributed by atoms with E-state index >= 15 is 0 Å². The van der Waals surface area contributed by atoms with Crippen molar-refractivity contribution in [2.24, 2.45) is 5.92 Å². The van der Waals surface area contributed by atoms with Crippen LogP contribution in [0.4, 0.5) is 5.00 Å². The minimum atomic E-state index is 0.0115. The summed E-state index contributed by atoms with van der Waals surface area (Å²) in [6, 6.07) is 2.24. The molecule has 0 aliphatic carbocycles. The zero-order chi connectivity index (χ0) is 13.8. The third-order valence-corrected chi connectivity index (χ3v) is 4.67. The molecular weight excluding hydrogens is 258 g/mol. The van der Waals surface area contributed by atoms with Crippen molar-refractivity contribution in [2.45, 2.75) is 39.7 Å². The molecule has 2 rings (SSSR count). The van der Waals surface area contributed by atoms with Gasteiger partial charge in [0.15, 0.2) is 0 Å². The Balaban J connectivity index is 2.14. The first-order valence-corrected chi connectivity index (χ1v) is 7.52. The van der Waals surface area contributed by atoms with Gasteiger partial charge in [0.05, 0.1) is 5.56 Å². The number of thiophene rings is 1. The fraction of sp³-hybridized carbons (Fsp3) is 0.571. The zero-order valence-electron chi connectivity index (χ0n) is 11.4. The van der Waals surface area contributed by atoms with Gasteiger partial charge in [-0.15, -0.1) is 11.3 Å². The Morgan fingerprint density at radius 1 is 1.63 bits per heavy atom. The molecule has 0 fully saturated rings. The molecule has 1 aromatic heterocycles. The Hall–Kier alpha value is -1.38. The second-order valence-corrected chi connectivity index (χ2v) is 6.12. The highest BCUT2D eigenvalue weighted by Gasteiger charge is 2.21. The van der Waals surface area contributed by atoms with Gasteiger partial charge in [0.2, 0.25) is 5.91 Å². The van der Waals surface area contributed by atoms with Crippen LogP contribution < -0.4 is 10.6 Å². The molecule has 1 unspecified atom stereocenters. The molecule has 0 bridgehead atoms. The Morgan fingerprint density at radius 3 is 3.11 bits per heavy atom. The summed E-state index contributed by atoms with van der Waals surface area (Å²) in [6.45, 7) is 5.84. The first kappa shape index (κ1) is 14.0. The van der Waals surface area contributed by atoms with E-state index in [1.165, 1.54) is 16.2 Å². The van der Waals surface area contributed by atoms with Gasteiger partial charge in [0.1, 0.15) is 11.1 Å². The number of fused-ring (bicyclic) bond motifs is 1. The van der Waals surface area contributed by atoms with Gasteiger partial charge in [-0.05, 0) is 24.4 Å². The molecule has 0 saturated heterocycles. The molecule has 1 aliphatic rings. The van der Waals surface area contributed by atoms with E-state index in [2.05, 4.69) is 30.6 Å². The third kappa shape index (κ3) is 3.14. The van der Waals surface area contributed by atoms with E-state index in [1.807, 2.05) is 0 Å². The summed E-state index contributed by atoms with van der Waals surface area (Å²) < 4.78 is 0. The molecule has 0 spiro atoms. The molecule has 1 aliphatic heterocycles. The van der Waals surface area contributed by atoms with Crippen molar-refractivity contribution in [2.75, 3.05) is 11.9 Å². The van der Waals surface area contributed by atoms with Crippen molar-refractivity contribution in [1.29, 1.82) is 5.26 Å². The average Bonchev–Trinajstić information content (AvgIpc) is 2.75. The van der Waals surface area contributed by atoms with E-state index in [9.17, 15) is 10.1 Å². The van der Waals surface area contributed by atoms with Gasteiger partial charge in [0, 0.05) is 17.8 Å². The Bertz CT molecular complexity index is 515. The quantitative estimate of drug-likeness (QED) is 0.889. The molecule has 1 aromatic rings. The van der Waals surface area contributed by atoms with Crippen LogP contribution >= 0.6 is 11.3 Å². The normalized spacial score (nSPS) is 15.4. The smallest absolute Gasteiger partial charge is 0.225 e. The number of hydrogen-bond donors (Lipinski definition) is 2. The third-order valence-electron chi connectivity index (χ3n) is 3.52. The van der Waals surface area contributed by atoms with E-state index < -0.39 is 0 Å². The summed E-state index contributed by atoms with van der Waals surface area (Å²) in [7, 11) is 0. The van der Waals surface area contributed by atoms with Gasteiger partial charge >= 0.3 is 0 Å². The summed E-state index contributed by atoms with van der Waals surface area (Å²) in [6.07, 6.45) is 2.38. The highest BCUT2D eigenvalue weighted by Crippen LogP contribution is 2.34.